The first-order valence-electron chi connectivity index (χ1n) is 16.9. The number of unbranched alkanes of at least 4 members (excludes halogenated alkanes) is 4. The van der Waals surface area contributed by atoms with E-state index in [0.717, 1.165) is 50.5 Å². The largest absolute Gasteiger partial charge is 0.478 e. The molecule has 0 spiro atoms. The summed E-state index contributed by atoms with van der Waals surface area (Å²) in [5, 5.41) is 12.4. The van der Waals surface area contributed by atoms with E-state index in [4.69, 9.17) is 9.47 Å². The highest BCUT2D eigenvalue weighted by Crippen LogP contribution is 2.26. The van der Waals surface area contributed by atoms with E-state index in [-0.39, 0.29) is 36.5 Å². The van der Waals surface area contributed by atoms with Crippen LogP contribution >= 0.6 is 0 Å². The average molecular weight is 680 g/mol. The van der Waals surface area contributed by atoms with Crippen LogP contribution in [0.1, 0.15) is 86.2 Å². The maximum Gasteiger partial charge on any atom is 0.336 e. The van der Waals surface area contributed by atoms with Gasteiger partial charge in [0.25, 0.3) is 0 Å². The second kappa shape index (κ2) is 21.5. The summed E-state index contributed by atoms with van der Waals surface area (Å²) >= 11 is 0. The molecule has 11 heteroatoms. The summed E-state index contributed by atoms with van der Waals surface area (Å²) in [5.41, 5.74) is 2.70. The SMILES string of the molecule is CCCCCCCN(CCOC1CCCC(OCc2cccc(C)c2C(=O)O)C1)C(=O)Nc1ccc(F)cc1.O=C=Nc1ccc(F)cc1. The highest BCUT2D eigenvalue weighted by atomic mass is 19.1. The van der Waals surface area contributed by atoms with Crippen molar-refractivity contribution in [2.24, 2.45) is 4.99 Å². The molecule has 1 aliphatic carbocycles. The van der Waals surface area contributed by atoms with Crippen LogP contribution in [0.15, 0.2) is 71.7 Å². The number of urea groups is 1. The van der Waals surface area contributed by atoms with E-state index in [1.54, 1.807) is 36.1 Å². The van der Waals surface area contributed by atoms with Gasteiger partial charge in [-0.3, -0.25) is 0 Å². The Morgan fingerprint density at radius 2 is 1.57 bits per heavy atom. The van der Waals surface area contributed by atoms with E-state index < -0.39 is 5.97 Å². The number of amides is 2. The van der Waals surface area contributed by atoms with Gasteiger partial charge in [0.15, 0.2) is 0 Å². The number of carbonyl (C=O) groups is 2. The molecule has 0 radical (unpaired) electrons. The van der Waals surface area contributed by atoms with E-state index >= 15 is 0 Å². The maximum atomic E-state index is 13.3. The van der Waals surface area contributed by atoms with Gasteiger partial charge in [0.1, 0.15) is 11.6 Å². The molecule has 2 atom stereocenters. The zero-order valence-corrected chi connectivity index (χ0v) is 28.3. The number of carboxylic acids is 1. The van der Waals surface area contributed by atoms with Gasteiger partial charge in [0.05, 0.1) is 36.7 Å². The van der Waals surface area contributed by atoms with E-state index in [1.807, 2.05) is 6.07 Å². The Labute approximate surface area is 287 Å². The lowest BCUT2D eigenvalue weighted by atomic mass is 9.94. The third kappa shape index (κ3) is 14.3. The zero-order valence-electron chi connectivity index (χ0n) is 28.3. The first-order chi connectivity index (χ1) is 23.7. The van der Waals surface area contributed by atoms with Crippen LogP contribution in [0.2, 0.25) is 0 Å². The first kappa shape index (κ1) is 39.0. The van der Waals surface area contributed by atoms with Crippen LogP contribution in [0.3, 0.4) is 0 Å². The number of nitrogens with zero attached hydrogens (tertiary/aromatic N) is 2. The molecule has 3 aromatic rings. The average Bonchev–Trinajstić information content (AvgIpc) is 3.09. The van der Waals surface area contributed by atoms with E-state index in [1.165, 1.54) is 55.3 Å². The van der Waals surface area contributed by atoms with E-state index in [0.29, 0.717) is 42.2 Å². The summed E-state index contributed by atoms with van der Waals surface area (Å²) in [7, 11) is 0. The molecule has 9 nitrogen and oxygen atoms in total. The number of rotatable bonds is 16. The Hall–Kier alpha value is -4.44. The summed E-state index contributed by atoms with van der Waals surface area (Å²) in [6.07, 6.45) is 10.5. The van der Waals surface area contributed by atoms with Crippen molar-refractivity contribution in [2.45, 2.75) is 90.4 Å². The molecule has 1 saturated carbocycles. The lowest BCUT2D eigenvalue weighted by Crippen LogP contribution is -2.39. The highest BCUT2D eigenvalue weighted by molar-refractivity contribution is 5.91. The molecule has 2 N–H and O–H groups in total. The van der Waals surface area contributed by atoms with Gasteiger partial charge in [-0.05, 0) is 98.7 Å². The van der Waals surface area contributed by atoms with Crippen molar-refractivity contribution in [3.63, 3.8) is 0 Å². The van der Waals surface area contributed by atoms with Crippen molar-refractivity contribution < 1.29 is 37.7 Å². The number of hydrogen-bond donors (Lipinski definition) is 2. The summed E-state index contributed by atoms with van der Waals surface area (Å²) in [6, 6.07) is 16.3. The number of aryl methyl sites for hydroxylation is 1. The number of aromatic carboxylic acids is 1. The second-order valence-corrected chi connectivity index (χ2v) is 12.0. The van der Waals surface area contributed by atoms with Gasteiger partial charge in [-0.25, -0.2) is 23.2 Å². The smallest absolute Gasteiger partial charge is 0.336 e. The predicted octanol–water partition coefficient (Wildman–Crippen LogP) is 8.97. The molecule has 49 heavy (non-hydrogen) atoms. The fourth-order valence-corrected chi connectivity index (χ4v) is 5.62. The number of carboxylic acid groups (broad SMARTS) is 1. The maximum absolute atomic E-state index is 13.3. The molecular weight excluding hydrogens is 632 g/mol. The first-order valence-corrected chi connectivity index (χ1v) is 16.9. The molecule has 0 aromatic heterocycles. The van der Waals surface area contributed by atoms with Crippen LogP contribution in [0, 0.1) is 18.6 Å². The standard InChI is InChI=1S/C31H43FN2O5.C7H4FNO/c1-3-4-5-6-7-18-34(31(37)33-26-16-14-25(32)15-17-26)19-20-38-27-12-9-13-28(21-27)39-22-24-11-8-10-23(2)29(24)30(35)36;8-6-1-3-7(4-2-6)9-5-10/h8,10-11,14-17,27-28H,3-7,9,12-13,18-22H2,1-2H3,(H,33,37)(H,35,36);1-4H. The Balaban J connectivity index is 0.000000555. The van der Waals surface area contributed by atoms with Gasteiger partial charge in [0, 0.05) is 18.8 Å². The Morgan fingerprint density at radius 1 is 0.918 bits per heavy atom. The van der Waals surface area contributed by atoms with Crippen LogP contribution < -0.4 is 5.32 Å². The normalized spacial score (nSPS) is 15.3. The number of isocyanates is 1. The molecule has 1 aliphatic rings. The molecule has 0 bridgehead atoms. The number of carbonyl (C=O) groups excluding carboxylic acids is 2. The molecule has 1 fully saturated rings. The Kier molecular flexibility index (Phi) is 17.1. The molecule has 264 valence electrons. The fraction of sp³-hybridized carbons (Fsp3) is 0.447. The molecule has 0 aliphatic heterocycles. The number of benzene rings is 3. The van der Waals surface area contributed by atoms with E-state index in [2.05, 4.69) is 17.2 Å². The van der Waals surface area contributed by atoms with Crippen LogP contribution in [0.4, 0.5) is 25.0 Å². The Morgan fingerprint density at radius 3 is 2.22 bits per heavy atom. The number of halogens is 2. The molecule has 2 amide bonds. The topological polar surface area (TPSA) is 118 Å². The molecule has 3 aromatic carbocycles. The van der Waals surface area contributed by atoms with Gasteiger partial charge in [-0.1, -0.05) is 50.8 Å². The van der Waals surface area contributed by atoms with Gasteiger partial charge >= 0.3 is 12.0 Å². The van der Waals surface area contributed by atoms with Gasteiger partial charge in [0.2, 0.25) is 6.08 Å². The fourth-order valence-electron chi connectivity index (χ4n) is 5.62. The summed E-state index contributed by atoms with van der Waals surface area (Å²) in [4.78, 5) is 39.4. The minimum atomic E-state index is -0.935. The summed E-state index contributed by atoms with van der Waals surface area (Å²) < 4.78 is 37.8. The molecule has 2 unspecified atom stereocenters. The number of ether oxygens (including phenoxy) is 2. The quantitative estimate of drug-likeness (QED) is 0.0887. The molecule has 0 heterocycles. The van der Waals surface area contributed by atoms with Crippen molar-refractivity contribution >= 4 is 29.5 Å². The zero-order chi connectivity index (χ0) is 35.4. The highest BCUT2D eigenvalue weighted by Gasteiger charge is 2.24. The van der Waals surface area contributed by atoms with Crippen molar-refractivity contribution in [2.75, 3.05) is 25.0 Å². The summed E-state index contributed by atoms with van der Waals surface area (Å²) in [6.45, 7) is 5.76. The lowest BCUT2D eigenvalue weighted by Gasteiger charge is -2.30. The van der Waals surface area contributed by atoms with Crippen LogP contribution in [0.5, 0.6) is 0 Å². The van der Waals surface area contributed by atoms with Crippen molar-refractivity contribution in [1.29, 1.82) is 0 Å². The van der Waals surface area contributed by atoms with Crippen molar-refractivity contribution in [3.8, 4) is 0 Å². The van der Waals surface area contributed by atoms with Gasteiger partial charge < -0.3 is 24.8 Å². The minimum absolute atomic E-state index is 0.00218. The van der Waals surface area contributed by atoms with Crippen LogP contribution in [-0.4, -0.2) is 60.0 Å². The van der Waals surface area contributed by atoms with Crippen molar-refractivity contribution in [3.05, 3.63) is 95.1 Å². The van der Waals surface area contributed by atoms with Crippen LogP contribution in [-0.2, 0) is 20.9 Å². The number of anilines is 1. The van der Waals surface area contributed by atoms with Gasteiger partial charge in [-0.2, -0.15) is 4.99 Å². The molecule has 0 saturated heterocycles. The predicted molar refractivity (Wildman–Crippen MR) is 185 cm³/mol. The number of aliphatic imine (C=N–C) groups is 1. The second-order valence-electron chi connectivity index (χ2n) is 12.0. The molecular formula is C38H47F2N3O6. The third-order valence-electron chi connectivity index (χ3n) is 8.26. The molecule has 4 rings (SSSR count). The Bertz CT molecular complexity index is 1500. The van der Waals surface area contributed by atoms with E-state index in [9.17, 15) is 28.3 Å². The van der Waals surface area contributed by atoms with Gasteiger partial charge in [-0.15, -0.1) is 0 Å². The number of hydrogen-bond acceptors (Lipinski definition) is 6. The summed E-state index contributed by atoms with van der Waals surface area (Å²) in [5.74, 6) is -1.62. The lowest BCUT2D eigenvalue weighted by molar-refractivity contribution is -0.0523. The number of nitrogens with one attached hydrogen (secondary N) is 1. The monoisotopic (exact) mass is 679 g/mol. The van der Waals surface area contributed by atoms with Crippen LogP contribution in [0.25, 0.3) is 0 Å². The third-order valence-corrected chi connectivity index (χ3v) is 8.26. The van der Waals surface area contributed by atoms with Crippen molar-refractivity contribution in [1.82, 2.24) is 4.90 Å². The minimum Gasteiger partial charge on any atom is -0.478 e.